The van der Waals surface area contributed by atoms with E-state index in [1.807, 2.05) is 25.5 Å². The van der Waals surface area contributed by atoms with Crippen molar-refractivity contribution in [2.75, 3.05) is 0 Å². The van der Waals surface area contributed by atoms with Crippen molar-refractivity contribution < 1.29 is 0 Å². The van der Waals surface area contributed by atoms with Gasteiger partial charge in [0.15, 0.2) is 0 Å². The molecule has 0 saturated heterocycles. The highest BCUT2D eigenvalue weighted by molar-refractivity contribution is 5.35. The summed E-state index contributed by atoms with van der Waals surface area (Å²) >= 11 is 0. The number of hydrogen-bond acceptors (Lipinski definition) is 3. The van der Waals surface area contributed by atoms with Gasteiger partial charge in [0.05, 0.1) is 29.6 Å². The van der Waals surface area contributed by atoms with Gasteiger partial charge in [-0.25, -0.2) is 4.98 Å². The van der Waals surface area contributed by atoms with Gasteiger partial charge in [0.1, 0.15) is 0 Å². The molecule has 0 bridgehead atoms. The van der Waals surface area contributed by atoms with Gasteiger partial charge in [-0.1, -0.05) is 0 Å². The second-order valence-corrected chi connectivity index (χ2v) is 4.95. The van der Waals surface area contributed by atoms with Crippen LogP contribution in [0.4, 0.5) is 0 Å². The van der Waals surface area contributed by atoms with Gasteiger partial charge in [0.25, 0.3) is 0 Å². The molecule has 2 aromatic heterocycles. The standard InChI is InChI=1S/C14H18N4/c1-10(15)12-7-6-11(8-16-12)18-9-17-13-4-2-3-5-14(13)18/h6-10H,2-5,15H2,1H3. The summed E-state index contributed by atoms with van der Waals surface area (Å²) in [5, 5.41) is 0. The first-order chi connectivity index (χ1) is 8.75. The maximum atomic E-state index is 5.81. The van der Waals surface area contributed by atoms with E-state index in [4.69, 9.17) is 5.73 Å². The number of rotatable bonds is 2. The van der Waals surface area contributed by atoms with Crippen molar-refractivity contribution in [2.24, 2.45) is 5.73 Å². The zero-order valence-corrected chi connectivity index (χ0v) is 10.6. The van der Waals surface area contributed by atoms with Gasteiger partial charge in [0.2, 0.25) is 0 Å². The molecule has 2 heterocycles. The number of aryl methyl sites for hydroxylation is 1. The maximum Gasteiger partial charge on any atom is 0.0998 e. The number of imidazole rings is 1. The number of nitrogens with two attached hydrogens (primary N) is 1. The summed E-state index contributed by atoms with van der Waals surface area (Å²) in [4.78, 5) is 8.91. The van der Waals surface area contributed by atoms with E-state index < -0.39 is 0 Å². The van der Waals surface area contributed by atoms with Crippen molar-refractivity contribution in [2.45, 2.75) is 38.6 Å². The van der Waals surface area contributed by atoms with Crippen LogP contribution in [-0.2, 0) is 12.8 Å². The fraction of sp³-hybridized carbons (Fsp3) is 0.429. The van der Waals surface area contributed by atoms with E-state index in [0.29, 0.717) is 0 Å². The molecule has 2 N–H and O–H groups in total. The van der Waals surface area contributed by atoms with E-state index in [9.17, 15) is 0 Å². The van der Waals surface area contributed by atoms with Crippen LogP contribution in [0.3, 0.4) is 0 Å². The third kappa shape index (κ3) is 1.93. The lowest BCUT2D eigenvalue weighted by molar-refractivity contribution is 0.655. The molecule has 1 aliphatic carbocycles. The Kier molecular flexibility index (Phi) is 2.88. The van der Waals surface area contributed by atoms with Gasteiger partial charge in [-0.15, -0.1) is 0 Å². The number of pyridine rings is 1. The predicted octanol–water partition coefficient (Wildman–Crippen LogP) is 2.17. The van der Waals surface area contributed by atoms with Crippen LogP contribution >= 0.6 is 0 Å². The van der Waals surface area contributed by atoms with Crippen LogP contribution in [0.25, 0.3) is 5.69 Å². The van der Waals surface area contributed by atoms with E-state index in [-0.39, 0.29) is 6.04 Å². The largest absolute Gasteiger partial charge is 0.323 e. The van der Waals surface area contributed by atoms with Crippen molar-refractivity contribution in [1.29, 1.82) is 0 Å². The Labute approximate surface area is 107 Å². The summed E-state index contributed by atoms with van der Waals surface area (Å²) in [5.74, 6) is 0. The average molecular weight is 242 g/mol. The molecule has 4 heteroatoms. The molecule has 18 heavy (non-hydrogen) atoms. The Balaban J connectivity index is 1.97. The van der Waals surface area contributed by atoms with Crippen LogP contribution in [-0.4, -0.2) is 14.5 Å². The first-order valence-corrected chi connectivity index (χ1v) is 6.52. The minimum absolute atomic E-state index is 0.0178. The Morgan fingerprint density at radius 1 is 1.22 bits per heavy atom. The van der Waals surface area contributed by atoms with Gasteiger partial charge in [-0.3, -0.25) is 4.98 Å². The van der Waals surface area contributed by atoms with Crippen LogP contribution in [0.5, 0.6) is 0 Å². The maximum absolute atomic E-state index is 5.81. The first-order valence-electron chi connectivity index (χ1n) is 6.52. The van der Waals surface area contributed by atoms with E-state index in [2.05, 4.69) is 20.6 Å². The molecule has 2 aromatic rings. The van der Waals surface area contributed by atoms with Gasteiger partial charge in [0, 0.05) is 11.7 Å². The summed E-state index contributed by atoms with van der Waals surface area (Å²) in [6, 6.07) is 4.05. The number of hydrogen-bond donors (Lipinski definition) is 1. The molecule has 0 radical (unpaired) electrons. The highest BCUT2D eigenvalue weighted by Gasteiger charge is 2.16. The number of fused-ring (bicyclic) bond motifs is 1. The second-order valence-electron chi connectivity index (χ2n) is 4.95. The average Bonchev–Trinajstić information content (AvgIpc) is 2.82. The van der Waals surface area contributed by atoms with E-state index in [0.717, 1.165) is 24.2 Å². The van der Waals surface area contributed by atoms with Crippen molar-refractivity contribution in [1.82, 2.24) is 14.5 Å². The van der Waals surface area contributed by atoms with Crippen LogP contribution in [0.2, 0.25) is 0 Å². The molecule has 1 unspecified atom stereocenters. The second kappa shape index (κ2) is 4.53. The van der Waals surface area contributed by atoms with Crippen molar-refractivity contribution >= 4 is 0 Å². The van der Waals surface area contributed by atoms with E-state index >= 15 is 0 Å². The van der Waals surface area contributed by atoms with Crippen LogP contribution in [0, 0.1) is 0 Å². The molecule has 94 valence electrons. The Morgan fingerprint density at radius 3 is 2.78 bits per heavy atom. The Hall–Kier alpha value is -1.68. The summed E-state index contributed by atoms with van der Waals surface area (Å²) < 4.78 is 2.16. The zero-order valence-electron chi connectivity index (χ0n) is 10.6. The van der Waals surface area contributed by atoms with E-state index in [1.54, 1.807) is 0 Å². The molecule has 0 fully saturated rings. The predicted molar refractivity (Wildman–Crippen MR) is 70.6 cm³/mol. The lowest BCUT2D eigenvalue weighted by Gasteiger charge is -2.14. The van der Waals surface area contributed by atoms with E-state index in [1.165, 1.54) is 24.2 Å². The summed E-state index contributed by atoms with van der Waals surface area (Å²) in [6.45, 7) is 1.95. The van der Waals surface area contributed by atoms with Gasteiger partial charge < -0.3 is 10.3 Å². The molecular weight excluding hydrogens is 224 g/mol. The number of aromatic nitrogens is 3. The summed E-state index contributed by atoms with van der Waals surface area (Å²) in [5.41, 5.74) is 10.4. The highest BCUT2D eigenvalue weighted by atomic mass is 15.1. The SMILES string of the molecule is CC(N)c1ccc(-n2cnc3c2CCCC3)cn1. The Bertz CT molecular complexity index is 539. The first kappa shape index (κ1) is 11.4. The molecule has 0 aliphatic heterocycles. The fourth-order valence-corrected chi connectivity index (χ4v) is 2.50. The van der Waals surface area contributed by atoms with Crippen molar-refractivity contribution in [3.63, 3.8) is 0 Å². The Morgan fingerprint density at radius 2 is 2.06 bits per heavy atom. The topological polar surface area (TPSA) is 56.7 Å². The van der Waals surface area contributed by atoms with Gasteiger partial charge in [-0.2, -0.15) is 0 Å². The summed E-state index contributed by atoms with van der Waals surface area (Å²) in [6.07, 6.45) is 8.53. The molecule has 1 aliphatic rings. The van der Waals surface area contributed by atoms with Crippen molar-refractivity contribution in [3.8, 4) is 5.69 Å². The lowest BCUT2D eigenvalue weighted by Crippen LogP contribution is -2.09. The third-order valence-electron chi connectivity index (χ3n) is 3.55. The van der Waals surface area contributed by atoms with Crippen LogP contribution < -0.4 is 5.73 Å². The molecule has 0 saturated carbocycles. The number of nitrogens with zero attached hydrogens (tertiary/aromatic N) is 3. The molecular formula is C14H18N4. The molecule has 3 rings (SSSR count). The lowest BCUT2D eigenvalue weighted by atomic mass is 10.0. The van der Waals surface area contributed by atoms with Crippen LogP contribution in [0.1, 0.15) is 42.9 Å². The van der Waals surface area contributed by atoms with Gasteiger partial charge >= 0.3 is 0 Å². The molecule has 1 atom stereocenters. The molecule has 0 spiro atoms. The molecule has 4 nitrogen and oxygen atoms in total. The highest BCUT2D eigenvalue weighted by Crippen LogP contribution is 2.23. The minimum atomic E-state index is -0.0178. The van der Waals surface area contributed by atoms with Crippen molar-refractivity contribution in [3.05, 3.63) is 41.7 Å². The monoisotopic (exact) mass is 242 g/mol. The van der Waals surface area contributed by atoms with Gasteiger partial charge in [-0.05, 0) is 44.7 Å². The third-order valence-corrected chi connectivity index (χ3v) is 3.55. The zero-order chi connectivity index (χ0) is 12.5. The smallest absolute Gasteiger partial charge is 0.0998 e. The molecule has 0 amide bonds. The normalized spacial score (nSPS) is 16.3. The fourth-order valence-electron chi connectivity index (χ4n) is 2.50. The summed E-state index contributed by atoms with van der Waals surface area (Å²) in [7, 11) is 0. The molecule has 0 aromatic carbocycles. The van der Waals surface area contributed by atoms with Crippen LogP contribution in [0.15, 0.2) is 24.7 Å². The minimum Gasteiger partial charge on any atom is -0.323 e. The quantitative estimate of drug-likeness (QED) is 0.878.